The first-order valence-corrected chi connectivity index (χ1v) is 14.1. The highest BCUT2D eigenvalue weighted by molar-refractivity contribution is 6.39. The molecule has 13 nitrogen and oxygen atoms in total. The van der Waals surface area contributed by atoms with Crippen LogP contribution in [0.1, 0.15) is 15.9 Å². The second-order valence-corrected chi connectivity index (χ2v) is 10.8. The average Bonchev–Trinajstić information content (AvgIpc) is 3.02. The third-order valence-corrected chi connectivity index (χ3v) is 7.84. The van der Waals surface area contributed by atoms with Gasteiger partial charge in [0.2, 0.25) is 0 Å². The second kappa shape index (κ2) is 12.7. The number of nitrogens with one attached hydrogen (secondary N) is 2. The van der Waals surface area contributed by atoms with Crippen molar-refractivity contribution in [2.75, 3.05) is 46.6 Å². The highest BCUT2D eigenvalue weighted by atomic mass is 35.5. The Hall–Kier alpha value is -5.01. The number of hydrogen-bond acceptors (Lipinski definition) is 10. The summed E-state index contributed by atoms with van der Waals surface area (Å²) in [4.78, 5) is 67.9. The summed E-state index contributed by atoms with van der Waals surface area (Å²) in [7, 11) is 0. The van der Waals surface area contributed by atoms with Crippen LogP contribution < -0.4 is 31.3 Å². The summed E-state index contributed by atoms with van der Waals surface area (Å²) in [5.41, 5.74) is 0.446. The molecular formula is C29H24Cl2N6O7. The molecule has 3 N–H and O–H groups in total. The zero-order chi connectivity index (χ0) is 31.5. The van der Waals surface area contributed by atoms with E-state index in [0.717, 1.165) is 5.69 Å². The summed E-state index contributed by atoms with van der Waals surface area (Å²) in [6.07, 6.45) is 2.65. The Kier molecular flexibility index (Phi) is 8.78. The molecule has 1 aliphatic rings. The van der Waals surface area contributed by atoms with Crippen molar-refractivity contribution in [3.63, 3.8) is 0 Å². The van der Waals surface area contributed by atoms with Crippen LogP contribution in [-0.4, -0.2) is 59.1 Å². The Morgan fingerprint density at radius 2 is 1.50 bits per heavy atom. The van der Waals surface area contributed by atoms with Crippen LogP contribution in [0.3, 0.4) is 0 Å². The number of piperazine rings is 1. The number of pyridine rings is 1. The van der Waals surface area contributed by atoms with Crippen molar-refractivity contribution < 1.29 is 19.6 Å². The van der Waals surface area contributed by atoms with Gasteiger partial charge < -0.3 is 25.5 Å². The van der Waals surface area contributed by atoms with Crippen molar-refractivity contribution in [3.05, 3.63) is 113 Å². The van der Waals surface area contributed by atoms with Gasteiger partial charge in [0.15, 0.2) is 0 Å². The van der Waals surface area contributed by atoms with Crippen LogP contribution in [0.25, 0.3) is 0 Å². The number of nitro benzene ring substituents is 1. The Morgan fingerprint density at radius 3 is 2.07 bits per heavy atom. The molecule has 3 aromatic carbocycles. The molecule has 226 valence electrons. The van der Waals surface area contributed by atoms with Crippen LogP contribution in [-0.2, 0) is 11.2 Å². The molecule has 0 bridgehead atoms. The van der Waals surface area contributed by atoms with Crippen LogP contribution in [0.5, 0.6) is 0 Å². The number of carbonyl (C=O) groups excluding carboxylic acids is 1. The monoisotopic (exact) mass is 638 g/mol. The predicted octanol–water partition coefficient (Wildman–Crippen LogP) is 3.58. The van der Waals surface area contributed by atoms with E-state index in [0.29, 0.717) is 31.7 Å². The number of anilines is 4. The number of carbonyl (C=O) groups is 2. The molecule has 1 fully saturated rings. The summed E-state index contributed by atoms with van der Waals surface area (Å²) >= 11 is 12.1. The molecular weight excluding hydrogens is 615 g/mol. The number of nitro groups is 1. The maximum atomic E-state index is 12.7. The number of rotatable bonds is 10. The summed E-state index contributed by atoms with van der Waals surface area (Å²) in [5.74, 6) is -1.71. The lowest BCUT2D eigenvalue weighted by Gasteiger charge is -2.38. The van der Waals surface area contributed by atoms with Crippen molar-refractivity contribution in [2.45, 2.75) is 12.5 Å². The van der Waals surface area contributed by atoms with Gasteiger partial charge >= 0.3 is 5.97 Å². The smallest absolute Gasteiger partial charge is 0.326 e. The Morgan fingerprint density at radius 1 is 0.909 bits per heavy atom. The molecule has 5 rings (SSSR count). The zero-order valence-corrected chi connectivity index (χ0v) is 24.3. The van der Waals surface area contributed by atoms with E-state index in [1.165, 1.54) is 36.7 Å². The van der Waals surface area contributed by atoms with Crippen LogP contribution >= 0.6 is 23.2 Å². The van der Waals surface area contributed by atoms with Gasteiger partial charge in [-0.05, 0) is 29.8 Å². The minimum atomic E-state index is -1.23. The largest absolute Gasteiger partial charge is 0.480 e. The van der Waals surface area contributed by atoms with Crippen LogP contribution in [0.2, 0.25) is 10.0 Å². The van der Waals surface area contributed by atoms with E-state index < -0.39 is 33.7 Å². The maximum absolute atomic E-state index is 12.7. The van der Waals surface area contributed by atoms with E-state index in [4.69, 9.17) is 23.2 Å². The standard InChI is InChI=1S/C29H24Cl2N6O7/c30-20-14-32-15-21(31)23(20)34-28(40)17-3-1-16(2-4-17)13-22(29(41)42)33-24-25(27(39)26(24)38)36-11-9-35(10-12-36)18-5-7-19(8-6-18)37(43)44/h1-8,14-15,22,33H,9-13H2,(H,41,42)(H,32,34,40)/t22-/m0/s1. The molecule has 0 saturated carbocycles. The average molecular weight is 639 g/mol. The van der Waals surface area contributed by atoms with Gasteiger partial charge in [-0.1, -0.05) is 35.3 Å². The lowest BCUT2D eigenvalue weighted by molar-refractivity contribution is -0.384. The Balaban J connectivity index is 1.23. The van der Waals surface area contributed by atoms with Gasteiger partial charge in [0.25, 0.3) is 22.5 Å². The number of carboxylic acid groups (broad SMARTS) is 1. The number of amides is 1. The molecule has 15 heteroatoms. The van der Waals surface area contributed by atoms with Crippen LogP contribution in [0.15, 0.2) is 70.5 Å². The molecule has 1 aliphatic heterocycles. The molecule has 0 radical (unpaired) electrons. The lowest BCUT2D eigenvalue weighted by atomic mass is 10.0. The zero-order valence-electron chi connectivity index (χ0n) is 22.8. The quantitative estimate of drug-likeness (QED) is 0.131. The van der Waals surface area contributed by atoms with Gasteiger partial charge in [-0.15, -0.1) is 0 Å². The fourth-order valence-corrected chi connectivity index (χ4v) is 5.37. The van der Waals surface area contributed by atoms with Crippen molar-refractivity contribution >= 4 is 63.5 Å². The number of aliphatic carboxylic acids is 1. The van der Waals surface area contributed by atoms with E-state index in [1.807, 2.05) is 4.90 Å². The first kappa shape index (κ1) is 30.4. The molecule has 1 amide bonds. The summed E-state index contributed by atoms with van der Waals surface area (Å²) in [5, 5.41) is 26.5. The van der Waals surface area contributed by atoms with Crippen molar-refractivity contribution in [3.8, 4) is 0 Å². The van der Waals surface area contributed by atoms with E-state index in [2.05, 4.69) is 15.6 Å². The normalized spacial score (nSPS) is 13.9. The molecule has 0 spiro atoms. The highest BCUT2D eigenvalue weighted by Crippen LogP contribution is 2.29. The van der Waals surface area contributed by atoms with Gasteiger partial charge in [-0.3, -0.25) is 29.5 Å². The first-order valence-electron chi connectivity index (χ1n) is 13.3. The lowest BCUT2D eigenvalue weighted by Crippen LogP contribution is -2.52. The minimum absolute atomic E-state index is 0.0157. The summed E-state index contributed by atoms with van der Waals surface area (Å²) in [6, 6.07) is 11.1. The number of non-ortho nitro benzene ring substituents is 1. The molecule has 1 saturated heterocycles. The Bertz CT molecular complexity index is 1780. The number of carboxylic acids is 1. The number of aromatic nitrogens is 1. The summed E-state index contributed by atoms with van der Waals surface area (Å²) < 4.78 is 0. The fraction of sp³-hybridized carbons (Fsp3) is 0.207. The van der Waals surface area contributed by atoms with Crippen molar-refractivity contribution in [2.24, 2.45) is 0 Å². The van der Waals surface area contributed by atoms with Gasteiger partial charge in [0.05, 0.1) is 20.7 Å². The third kappa shape index (κ3) is 6.33. The van der Waals surface area contributed by atoms with Gasteiger partial charge in [0.1, 0.15) is 17.4 Å². The molecule has 1 aromatic heterocycles. The topological polar surface area (TPSA) is 175 Å². The van der Waals surface area contributed by atoms with E-state index in [-0.39, 0.29) is 44.8 Å². The predicted molar refractivity (Wildman–Crippen MR) is 166 cm³/mol. The van der Waals surface area contributed by atoms with Crippen molar-refractivity contribution in [1.29, 1.82) is 0 Å². The molecule has 44 heavy (non-hydrogen) atoms. The van der Waals surface area contributed by atoms with Gasteiger partial charge in [-0.25, -0.2) is 4.79 Å². The first-order chi connectivity index (χ1) is 21.0. The van der Waals surface area contributed by atoms with Gasteiger partial charge in [0, 0.05) is 68.4 Å². The fourth-order valence-electron chi connectivity index (χ4n) is 4.91. The number of benzene rings is 2. The van der Waals surface area contributed by atoms with Crippen LogP contribution in [0, 0.1) is 10.1 Å². The van der Waals surface area contributed by atoms with E-state index in [1.54, 1.807) is 29.2 Å². The SMILES string of the molecule is O=C(Nc1c(Cl)cncc1Cl)c1ccc(C[C@H](Nc2c(N3CCN(c4ccc([N+](=O)[O-])cc4)CC3)c(=O)c2=O)C(=O)O)cc1. The molecule has 0 unspecified atom stereocenters. The van der Waals surface area contributed by atoms with Crippen LogP contribution in [0.4, 0.5) is 28.4 Å². The molecule has 4 aromatic rings. The molecule has 1 atom stereocenters. The Labute approximate surface area is 259 Å². The maximum Gasteiger partial charge on any atom is 0.326 e. The third-order valence-electron chi connectivity index (χ3n) is 7.27. The van der Waals surface area contributed by atoms with Crippen molar-refractivity contribution in [1.82, 2.24) is 4.98 Å². The minimum Gasteiger partial charge on any atom is -0.480 e. The summed E-state index contributed by atoms with van der Waals surface area (Å²) in [6.45, 7) is 1.73. The van der Waals surface area contributed by atoms with Gasteiger partial charge in [-0.2, -0.15) is 0 Å². The number of hydrogen-bond donors (Lipinski definition) is 3. The molecule has 2 heterocycles. The molecule has 0 aliphatic carbocycles. The highest BCUT2D eigenvalue weighted by Gasteiger charge is 2.31. The van der Waals surface area contributed by atoms with E-state index >= 15 is 0 Å². The number of halogens is 2. The second-order valence-electron chi connectivity index (χ2n) is 10.00. The number of nitrogens with zero attached hydrogens (tertiary/aromatic N) is 4. The van der Waals surface area contributed by atoms with E-state index in [9.17, 15) is 34.4 Å².